The molecular formula is C19H36O3. The van der Waals surface area contributed by atoms with Crippen LogP contribution >= 0.6 is 0 Å². The average molecular weight is 312 g/mol. The Balaban J connectivity index is 3.24. The molecule has 22 heavy (non-hydrogen) atoms. The van der Waals surface area contributed by atoms with Gasteiger partial charge in [0.1, 0.15) is 0 Å². The van der Waals surface area contributed by atoms with E-state index in [9.17, 15) is 9.90 Å². The fourth-order valence-corrected chi connectivity index (χ4v) is 2.47. The summed E-state index contributed by atoms with van der Waals surface area (Å²) in [5, 5.41) is 9.74. The van der Waals surface area contributed by atoms with Gasteiger partial charge in [-0.25, -0.2) is 0 Å². The van der Waals surface area contributed by atoms with Gasteiger partial charge in [0.25, 0.3) is 0 Å². The zero-order valence-electron chi connectivity index (χ0n) is 14.7. The summed E-state index contributed by atoms with van der Waals surface area (Å²) in [6.07, 6.45) is 18.2. The van der Waals surface area contributed by atoms with E-state index >= 15 is 0 Å². The van der Waals surface area contributed by atoms with Crippen molar-refractivity contribution in [3.8, 4) is 0 Å². The summed E-state index contributed by atoms with van der Waals surface area (Å²) in [6, 6.07) is 0. The van der Waals surface area contributed by atoms with Crippen molar-refractivity contribution in [2.75, 3.05) is 7.11 Å². The van der Waals surface area contributed by atoms with Crippen LogP contribution in [0.5, 0.6) is 0 Å². The maximum atomic E-state index is 10.9. The summed E-state index contributed by atoms with van der Waals surface area (Å²) in [5.41, 5.74) is 0. The molecule has 0 saturated carbocycles. The monoisotopic (exact) mass is 312 g/mol. The quantitative estimate of drug-likeness (QED) is 0.258. The summed E-state index contributed by atoms with van der Waals surface area (Å²) in [6.45, 7) is 2.18. The van der Waals surface area contributed by atoms with E-state index in [4.69, 9.17) is 0 Å². The molecule has 0 spiro atoms. The third kappa shape index (κ3) is 15.6. The van der Waals surface area contributed by atoms with Crippen molar-refractivity contribution in [3.63, 3.8) is 0 Å². The lowest BCUT2D eigenvalue weighted by Crippen LogP contribution is -2.01. The van der Waals surface area contributed by atoms with Gasteiger partial charge in [0, 0.05) is 6.42 Å². The Morgan fingerprint density at radius 1 is 1.00 bits per heavy atom. The maximum Gasteiger partial charge on any atom is 0.305 e. The molecule has 0 aromatic heterocycles. The maximum absolute atomic E-state index is 10.9. The summed E-state index contributed by atoms with van der Waals surface area (Å²) in [7, 11) is 1.45. The largest absolute Gasteiger partial charge is 0.469 e. The fraction of sp³-hybridized carbons (Fsp3) is 0.842. The zero-order chi connectivity index (χ0) is 16.5. The number of unbranched alkanes of at least 4 members (excludes halogenated alkanes) is 9. The highest BCUT2D eigenvalue weighted by molar-refractivity contribution is 5.68. The average Bonchev–Trinajstić information content (AvgIpc) is 2.52. The fourth-order valence-electron chi connectivity index (χ4n) is 2.47. The second-order valence-corrected chi connectivity index (χ2v) is 6.08. The summed E-state index contributed by atoms with van der Waals surface area (Å²) >= 11 is 0. The van der Waals surface area contributed by atoms with E-state index < -0.39 is 0 Å². The Morgan fingerprint density at radius 3 is 2.27 bits per heavy atom. The van der Waals surface area contributed by atoms with E-state index in [0.29, 0.717) is 6.42 Å². The zero-order valence-corrected chi connectivity index (χ0v) is 14.7. The minimum Gasteiger partial charge on any atom is -0.469 e. The smallest absolute Gasteiger partial charge is 0.305 e. The van der Waals surface area contributed by atoms with Gasteiger partial charge in [-0.2, -0.15) is 0 Å². The number of carbonyl (C=O) groups excluding carboxylic acids is 1. The van der Waals surface area contributed by atoms with E-state index in [0.717, 1.165) is 32.1 Å². The van der Waals surface area contributed by atoms with Gasteiger partial charge in [0.15, 0.2) is 0 Å². The standard InChI is InChI=1S/C19H36O3/c1-3-4-12-15-18(20)16-13-10-8-6-5-7-9-11-14-17-19(21)22-2/h13,16,18,20H,3-12,14-15,17H2,1-2H3/b16-13-/t18-/m0/s1. The summed E-state index contributed by atoms with van der Waals surface area (Å²) in [5.74, 6) is -0.0938. The minimum absolute atomic E-state index is 0.0938. The van der Waals surface area contributed by atoms with Crippen molar-refractivity contribution in [2.24, 2.45) is 0 Å². The van der Waals surface area contributed by atoms with Crippen LogP contribution in [0, 0.1) is 0 Å². The molecular weight excluding hydrogens is 276 g/mol. The van der Waals surface area contributed by atoms with Crippen LogP contribution in [-0.4, -0.2) is 24.3 Å². The normalized spacial score (nSPS) is 12.7. The van der Waals surface area contributed by atoms with Crippen molar-refractivity contribution in [1.29, 1.82) is 0 Å². The van der Waals surface area contributed by atoms with Crippen LogP contribution in [0.3, 0.4) is 0 Å². The molecule has 0 aliphatic heterocycles. The van der Waals surface area contributed by atoms with Crippen molar-refractivity contribution < 1.29 is 14.6 Å². The molecule has 0 aromatic carbocycles. The first-order valence-electron chi connectivity index (χ1n) is 9.12. The number of rotatable bonds is 15. The molecule has 0 unspecified atom stereocenters. The molecule has 3 nitrogen and oxygen atoms in total. The van der Waals surface area contributed by atoms with E-state index in [1.807, 2.05) is 6.08 Å². The number of hydrogen-bond donors (Lipinski definition) is 1. The van der Waals surface area contributed by atoms with Gasteiger partial charge < -0.3 is 9.84 Å². The van der Waals surface area contributed by atoms with Gasteiger partial charge in [0.05, 0.1) is 13.2 Å². The molecule has 0 radical (unpaired) electrons. The Morgan fingerprint density at radius 2 is 1.64 bits per heavy atom. The SMILES string of the molecule is CCCCC[C@H](O)/C=C\CCCCCCCCCC(=O)OC. The second-order valence-electron chi connectivity index (χ2n) is 6.08. The molecule has 0 aliphatic carbocycles. The van der Waals surface area contributed by atoms with Crippen LogP contribution in [0.25, 0.3) is 0 Å². The number of methoxy groups -OCH3 is 1. The molecule has 0 fully saturated rings. The Kier molecular flexibility index (Phi) is 15.9. The molecule has 3 heteroatoms. The summed E-state index contributed by atoms with van der Waals surface area (Å²) < 4.78 is 4.61. The van der Waals surface area contributed by atoms with E-state index in [1.165, 1.54) is 52.1 Å². The van der Waals surface area contributed by atoms with Crippen LogP contribution in [0.2, 0.25) is 0 Å². The molecule has 0 rings (SSSR count). The Bertz CT molecular complexity index is 274. The van der Waals surface area contributed by atoms with Crippen molar-refractivity contribution in [3.05, 3.63) is 12.2 Å². The van der Waals surface area contributed by atoms with Crippen LogP contribution in [0.1, 0.15) is 90.4 Å². The van der Waals surface area contributed by atoms with Crippen LogP contribution in [0.15, 0.2) is 12.2 Å². The molecule has 130 valence electrons. The van der Waals surface area contributed by atoms with Gasteiger partial charge in [-0.15, -0.1) is 0 Å². The number of aliphatic hydroxyl groups is 1. The highest BCUT2D eigenvalue weighted by Gasteiger charge is 1.99. The van der Waals surface area contributed by atoms with Gasteiger partial charge in [0.2, 0.25) is 0 Å². The molecule has 1 atom stereocenters. The first kappa shape index (κ1) is 21.2. The van der Waals surface area contributed by atoms with Crippen LogP contribution in [-0.2, 0) is 9.53 Å². The lowest BCUT2D eigenvalue weighted by molar-refractivity contribution is -0.140. The number of carbonyl (C=O) groups is 1. The van der Waals surface area contributed by atoms with Crippen LogP contribution in [0.4, 0.5) is 0 Å². The van der Waals surface area contributed by atoms with Gasteiger partial charge in [-0.05, 0) is 25.7 Å². The molecule has 0 heterocycles. The topological polar surface area (TPSA) is 46.5 Å². The number of ether oxygens (including phenoxy) is 1. The van der Waals surface area contributed by atoms with Gasteiger partial charge in [-0.3, -0.25) is 4.79 Å². The summed E-state index contributed by atoms with van der Waals surface area (Å²) in [4.78, 5) is 10.9. The number of hydrogen-bond acceptors (Lipinski definition) is 3. The Hall–Kier alpha value is -0.830. The van der Waals surface area contributed by atoms with E-state index in [-0.39, 0.29) is 12.1 Å². The van der Waals surface area contributed by atoms with Crippen LogP contribution < -0.4 is 0 Å². The predicted molar refractivity (Wildman–Crippen MR) is 92.9 cm³/mol. The number of aliphatic hydroxyl groups excluding tert-OH is 1. The predicted octanol–water partition coefficient (Wildman–Crippen LogP) is 5.17. The number of allylic oxidation sites excluding steroid dienone is 1. The Labute approximate surface area is 137 Å². The molecule has 0 aliphatic rings. The van der Waals surface area contributed by atoms with E-state index in [2.05, 4.69) is 17.7 Å². The highest BCUT2D eigenvalue weighted by atomic mass is 16.5. The van der Waals surface area contributed by atoms with Crippen molar-refractivity contribution in [2.45, 2.75) is 96.5 Å². The number of esters is 1. The molecule has 0 amide bonds. The molecule has 0 saturated heterocycles. The lowest BCUT2D eigenvalue weighted by Gasteiger charge is -2.04. The first-order valence-corrected chi connectivity index (χ1v) is 9.12. The molecule has 0 aromatic rings. The molecule has 1 N–H and O–H groups in total. The van der Waals surface area contributed by atoms with Crippen molar-refractivity contribution in [1.82, 2.24) is 0 Å². The second kappa shape index (κ2) is 16.5. The van der Waals surface area contributed by atoms with Crippen molar-refractivity contribution >= 4 is 5.97 Å². The van der Waals surface area contributed by atoms with Gasteiger partial charge in [-0.1, -0.05) is 70.4 Å². The lowest BCUT2D eigenvalue weighted by atomic mass is 10.1. The first-order chi connectivity index (χ1) is 10.7. The third-order valence-electron chi connectivity index (χ3n) is 3.94. The highest BCUT2D eigenvalue weighted by Crippen LogP contribution is 2.11. The minimum atomic E-state index is -0.249. The molecule has 0 bridgehead atoms. The third-order valence-corrected chi connectivity index (χ3v) is 3.94. The van der Waals surface area contributed by atoms with E-state index in [1.54, 1.807) is 0 Å². The van der Waals surface area contributed by atoms with Gasteiger partial charge >= 0.3 is 5.97 Å².